The van der Waals surface area contributed by atoms with Crippen LogP contribution < -0.4 is 0 Å². The molecule has 0 amide bonds. The largest absolute Gasteiger partial charge is 0.344 e. The Balaban J connectivity index is 0.969. The van der Waals surface area contributed by atoms with Gasteiger partial charge in [0.05, 0.1) is 35.9 Å². The van der Waals surface area contributed by atoms with E-state index in [2.05, 4.69) is 0 Å². The van der Waals surface area contributed by atoms with Crippen molar-refractivity contribution >= 4 is 20.2 Å². The van der Waals surface area contributed by atoms with E-state index in [1.54, 1.807) is 0 Å². The molecule has 12 heteroatoms. The molecule has 4 bridgehead atoms. The molecule has 10 atom stereocenters. The molecule has 2 saturated heterocycles. The van der Waals surface area contributed by atoms with Crippen LogP contribution >= 0.6 is 0 Å². The van der Waals surface area contributed by atoms with Gasteiger partial charge >= 0.3 is 0 Å². The van der Waals surface area contributed by atoms with Gasteiger partial charge in [0.25, 0.3) is 20.2 Å². The van der Waals surface area contributed by atoms with Crippen molar-refractivity contribution in [1.29, 1.82) is 0 Å². The molecule has 0 aromatic heterocycles. The number of hydrogen-bond acceptors (Lipinski definition) is 8. The van der Waals surface area contributed by atoms with Crippen LogP contribution in [0.25, 0.3) is 0 Å². The van der Waals surface area contributed by atoms with E-state index in [4.69, 9.17) is 28.1 Å². The molecule has 10 unspecified atom stereocenters. The second kappa shape index (κ2) is 8.09. The van der Waals surface area contributed by atoms with E-state index in [1.165, 1.54) is 0 Å². The number of ether oxygens (including phenoxy) is 4. The molecule has 5 aliphatic carbocycles. The van der Waals surface area contributed by atoms with Crippen molar-refractivity contribution in [1.82, 2.24) is 0 Å². The summed E-state index contributed by atoms with van der Waals surface area (Å²) in [5.41, 5.74) is 0. The van der Waals surface area contributed by atoms with Crippen LogP contribution in [-0.2, 0) is 39.2 Å². The summed E-state index contributed by atoms with van der Waals surface area (Å²) >= 11 is 0. The number of rotatable bonds is 6. The second-order valence-electron chi connectivity index (χ2n) is 12.6. The van der Waals surface area contributed by atoms with Crippen LogP contribution in [0.3, 0.4) is 0 Å². The summed E-state index contributed by atoms with van der Waals surface area (Å²) in [7, 11) is -7.90. The lowest BCUT2D eigenvalue weighted by Crippen LogP contribution is -2.46. The highest BCUT2D eigenvalue weighted by Crippen LogP contribution is 2.62. The van der Waals surface area contributed by atoms with Crippen LogP contribution in [0.15, 0.2) is 0 Å². The third-order valence-electron chi connectivity index (χ3n) is 10.7. The van der Waals surface area contributed by atoms with E-state index in [9.17, 15) is 16.8 Å². The van der Waals surface area contributed by atoms with E-state index in [0.717, 1.165) is 25.7 Å². The molecule has 2 spiro atoms. The van der Waals surface area contributed by atoms with Gasteiger partial charge in [-0.1, -0.05) is 0 Å². The first-order valence-corrected chi connectivity index (χ1v) is 16.8. The van der Waals surface area contributed by atoms with Gasteiger partial charge in [0.15, 0.2) is 11.6 Å². The highest BCUT2D eigenvalue weighted by atomic mass is 32.2. The molecule has 7 rings (SSSR count). The minimum atomic E-state index is -3.95. The molecule has 2 aliphatic heterocycles. The normalized spacial score (nSPS) is 53.1. The van der Waals surface area contributed by atoms with Gasteiger partial charge < -0.3 is 18.9 Å². The van der Waals surface area contributed by atoms with Crippen molar-refractivity contribution in [3.8, 4) is 0 Å². The summed E-state index contributed by atoms with van der Waals surface area (Å²) in [5, 5.41) is 0. The van der Waals surface area contributed by atoms with Crippen LogP contribution in [0.2, 0.25) is 0 Å². The fraction of sp³-hybridized carbons (Fsp3) is 1.00. The minimum absolute atomic E-state index is 0.00611. The zero-order valence-electron chi connectivity index (χ0n) is 20.2. The maximum absolute atomic E-state index is 11.2. The first-order valence-electron chi connectivity index (χ1n) is 13.5. The second-order valence-corrected chi connectivity index (χ2v) is 15.8. The van der Waals surface area contributed by atoms with Crippen molar-refractivity contribution < 1.29 is 44.9 Å². The smallest absolute Gasteiger partial charge is 0.264 e. The van der Waals surface area contributed by atoms with Gasteiger partial charge in [-0.15, -0.1) is 0 Å². The number of hydrogen-bond donors (Lipinski definition) is 2. The van der Waals surface area contributed by atoms with E-state index >= 15 is 0 Å². The van der Waals surface area contributed by atoms with Crippen molar-refractivity contribution in [3.05, 3.63) is 0 Å². The fourth-order valence-electron chi connectivity index (χ4n) is 9.20. The molecule has 204 valence electrons. The molecule has 7 fully saturated rings. The highest BCUT2D eigenvalue weighted by Gasteiger charge is 2.66. The monoisotopic (exact) mass is 548 g/mol. The van der Waals surface area contributed by atoms with Crippen molar-refractivity contribution in [2.45, 2.75) is 100 Å². The molecule has 7 aliphatic rings. The Morgan fingerprint density at radius 3 is 1.31 bits per heavy atom. The van der Waals surface area contributed by atoms with E-state index in [0.29, 0.717) is 50.4 Å². The van der Waals surface area contributed by atoms with Crippen LogP contribution in [0, 0.1) is 35.5 Å². The highest BCUT2D eigenvalue weighted by molar-refractivity contribution is 7.86. The van der Waals surface area contributed by atoms with Gasteiger partial charge in [-0.3, -0.25) is 9.11 Å². The predicted molar refractivity (Wildman–Crippen MR) is 125 cm³/mol. The average molecular weight is 549 g/mol. The van der Waals surface area contributed by atoms with Gasteiger partial charge in [-0.25, -0.2) is 0 Å². The summed E-state index contributed by atoms with van der Waals surface area (Å²) in [4.78, 5) is 0. The Labute approximate surface area is 212 Å². The number of fused-ring (bicyclic) bond motifs is 10. The molecule has 5 saturated carbocycles. The maximum atomic E-state index is 11.2. The third-order valence-corrected chi connectivity index (χ3v) is 12.2. The molecule has 2 N–H and O–H groups in total. The first-order chi connectivity index (χ1) is 16.9. The zero-order chi connectivity index (χ0) is 25.1. The fourth-order valence-corrected chi connectivity index (χ4v) is 10.4. The third kappa shape index (κ3) is 4.09. The van der Waals surface area contributed by atoms with Crippen LogP contribution in [-0.4, -0.2) is 73.4 Å². The van der Waals surface area contributed by atoms with Crippen LogP contribution in [0.5, 0.6) is 0 Å². The lowest BCUT2D eigenvalue weighted by atomic mass is 9.83. The van der Waals surface area contributed by atoms with Gasteiger partial charge in [0, 0.05) is 25.7 Å². The topological polar surface area (TPSA) is 146 Å². The van der Waals surface area contributed by atoms with Gasteiger partial charge in [0.1, 0.15) is 0 Å². The Morgan fingerprint density at radius 2 is 0.944 bits per heavy atom. The van der Waals surface area contributed by atoms with Crippen molar-refractivity contribution in [2.75, 3.05) is 11.5 Å². The summed E-state index contributed by atoms with van der Waals surface area (Å²) in [6.45, 7) is 0. The molecular weight excluding hydrogens is 512 g/mol. The molecule has 10 nitrogen and oxygen atoms in total. The molecule has 0 radical (unpaired) electrons. The van der Waals surface area contributed by atoms with Crippen molar-refractivity contribution in [3.63, 3.8) is 0 Å². The molecule has 36 heavy (non-hydrogen) atoms. The van der Waals surface area contributed by atoms with Gasteiger partial charge in [-0.05, 0) is 74.0 Å². The first kappa shape index (κ1) is 24.7. The molecule has 0 aromatic carbocycles. The average Bonchev–Trinajstić information content (AvgIpc) is 3.59. The SMILES string of the molecule is O=S(=O)(O)CCC1CC2CC1C1OC3(CCC4(CC3)OC3C5CC(CCS(=O)(=O)O)C(C5)C3O4)OC21. The van der Waals surface area contributed by atoms with Gasteiger partial charge in [0.2, 0.25) is 0 Å². The lowest BCUT2D eigenvalue weighted by Gasteiger charge is -2.41. The minimum Gasteiger partial charge on any atom is -0.344 e. The summed E-state index contributed by atoms with van der Waals surface area (Å²) < 4.78 is 89.7. The van der Waals surface area contributed by atoms with E-state index < -0.39 is 31.8 Å². The zero-order valence-corrected chi connectivity index (χ0v) is 21.9. The molecule has 2 heterocycles. The van der Waals surface area contributed by atoms with E-state index in [-0.39, 0.29) is 59.6 Å². The quantitative estimate of drug-likeness (QED) is 0.475. The van der Waals surface area contributed by atoms with Crippen molar-refractivity contribution in [2.24, 2.45) is 35.5 Å². The maximum Gasteiger partial charge on any atom is 0.264 e. The summed E-state index contributed by atoms with van der Waals surface area (Å²) in [6, 6.07) is 0. The summed E-state index contributed by atoms with van der Waals surface area (Å²) in [6.07, 6.45) is 7.70. The van der Waals surface area contributed by atoms with E-state index in [1.807, 2.05) is 0 Å². The van der Waals surface area contributed by atoms with Crippen LogP contribution in [0.4, 0.5) is 0 Å². The Kier molecular flexibility index (Phi) is 5.55. The Hall–Kier alpha value is -0.340. The lowest BCUT2D eigenvalue weighted by molar-refractivity contribution is -0.272. The summed E-state index contributed by atoms with van der Waals surface area (Å²) in [5.74, 6) is 0.189. The van der Waals surface area contributed by atoms with Crippen LogP contribution in [0.1, 0.15) is 64.2 Å². The Morgan fingerprint density at radius 1 is 0.583 bits per heavy atom. The molecule has 0 aromatic rings. The predicted octanol–water partition coefficient (Wildman–Crippen LogP) is 2.39. The van der Waals surface area contributed by atoms with Gasteiger partial charge in [-0.2, -0.15) is 16.8 Å². The Bertz CT molecular complexity index is 1030. The standard InChI is InChI=1S/C24H36O10S2/c25-35(26,27)7-1-13-9-15-11-17(13)21-19(15)31-23(33-21)3-5-24(6-4-23)32-20-16-10-14(2-8-36(28,29)30)18(12-16)22(20)34-24/h13-22H,1-12H2,(H,25,26,27)(H,28,29,30). The molecular formula is C24H36O10S2.